The predicted octanol–water partition coefficient (Wildman–Crippen LogP) is 1.76. The van der Waals surface area contributed by atoms with Crippen LogP contribution in [0.1, 0.15) is 46.0 Å². The fraction of sp³-hybridized carbons (Fsp3) is 0.917. The van der Waals surface area contributed by atoms with E-state index in [1.54, 1.807) is 0 Å². The van der Waals surface area contributed by atoms with Crippen molar-refractivity contribution in [3.05, 3.63) is 0 Å². The van der Waals surface area contributed by atoms with Gasteiger partial charge in [0.25, 0.3) is 0 Å². The van der Waals surface area contributed by atoms with Gasteiger partial charge in [-0.3, -0.25) is 4.79 Å². The summed E-state index contributed by atoms with van der Waals surface area (Å²) in [4.78, 5) is 13.9. The van der Waals surface area contributed by atoms with E-state index in [9.17, 15) is 4.79 Å². The summed E-state index contributed by atoms with van der Waals surface area (Å²) in [6, 6.07) is 0.340. The highest BCUT2D eigenvalue weighted by molar-refractivity contribution is 5.77. The van der Waals surface area contributed by atoms with Crippen LogP contribution in [0.3, 0.4) is 0 Å². The van der Waals surface area contributed by atoms with E-state index in [4.69, 9.17) is 5.73 Å². The van der Waals surface area contributed by atoms with Crippen molar-refractivity contribution in [1.82, 2.24) is 4.90 Å². The van der Waals surface area contributed by atoms with Gasteiger partial charge in [0, 0.05) is 19.5 Å². The van der Waals surface area contributed by atoms with Gasteiger partial charge in [0.2, 0.25) is 5.91 Å². The van der Waals surface area contributed by atoms with E-state index >= 15 is 0 Å². The monoisotopic (exact) mass is 212 g/mol. The quantitative estimate of drug-likeness (QED) is 0.755. The maximum Gasteiger partial charge on any atom is 0.223 e. The van der Waals surface area contributed by atoms with Crippen molar-refractivity contribution in [2.24, 2.45) is 11.1 Å². The number of amides is 1. The molecule has 0 radical (unpaired) electrons. The second-order valence-electron chi connectivity index (χ2n) is 5.00. The molecule has 0 saturated heterocycles. The van der Waals surface area contributed by atoms with Crippen LogP contribution < -0.4 is 5.73 Å². The van der Waals surface area contributed by atoms with Gasteiger partial charge >= 0.3 is 0 Å². The Labute approximate surface area is 93.0 Å². The van der Waals surface area contributed by atoms with Gasteiger partial charge in [-0.25, -0.2) is 0 Å². The van der Waals surface area contributed by atoms with Crippen molar-refractivity contribution in [2.75, 3.05) is 13.6 Å². The predicted molar refractivity (Wildman–Crippen MR) is 62.5 cm³/mol. The minimum atomic E-state index is 0.138. The van der Waals surface area contributed by atoms with E-state index in [2.05, 4.69) is 13.8 Å². The molecule has 1 rings (SSSR count). The Morgan fingerprint density at radius 2 is 2.13 bits per heavy atom. The van der Waals surface area contributed by atoms with Crippen LogP contribution in [0.2, 0.25) is 0 Å². The lowest BCUT2D eigenvalue weighted by atomic mass is 9.66. The summed E-state index contributed by atoms with van der Waals surface area (Å²) in [5.74, 6) is 0.259. The largest absolute Gasteiger partial charge is 0.343 e. The number of rotatable bonds is 5. The molecular weight excluding hydrogens is 188 g/mol. The zero-order chi connectivity index (χ0) is 11.5. The topological polar surface area (TPSA) is 46.3 Å². The molecule has 1 aliphatic carbocycles. The van der Waals surface area contributed by atoms with Crippen molar-refractivity contribution in [3.63, 3.8) is 0 Å². The van der Waals surface area contributed by atoms with Gasteiger partial charge in [-0.2, -0.15) is 0 Å². The molecule has 1 unspecified atom stereocenters. The molecule has 3 nitrogen and oxygen atoms in total. The first-order valence-corrected chi connectivity index (χ1v) is 6.00. The van der Waals surface area contributed by atoms with Crippen LogP contribution in [0, 0.1) is 5.41 Å². The van der Waals surface area contributed by atoms with Crippen LogP contribution >= 0.6 is 0 Å². The zero-order valence-corrected chi connectivity index (χ0v) is 10.3. The van der Waals surface area contributed by atoms with E-state index in [0.29, 0.717) is 19.0 Å². The number of carbonyl (C=O) groups is 1. The van der Waals surface area contributed by atoms with Gasteiger partial charge in [-0.05, 0) is 38.1 Å². The molecule has 0 heterocycles. The van der Waals surface area contributed by atoms with Gasteiger partial charge in [-0.1, -0.05) is 13.3 Å². The summed E-state index contributed by atoms with van der Waals surface area (Å²) < 4.78 is 0. The first-order valence-electron chi connectivity index (χ1n) is 6.00. The van der Waals surface area contributed by atoms with E-state index in [1.165, 1.54) is 6.42 Å². The Morgan fingerprint density at radius 1 is 1.53 bits per heavy atom. The number of nitrogens with two attached hydrogens (primary N) is 1. The molecule has 0 aromatic rings. The van der Waals surface area contributed by atoms with Crippen molar-refractivity contribution in [1.29, 1.82) is 0 Å². The van der Waals surface area contributed by atoms with Crippen LogP contribution in [0.25, 0.3) is 0 Å². The lowest BCUT2D eigenvalue weighted by molar-refractivity contribution is -0.135. The SMILES string of the molecule is CCC(C)N(C)C(=O)CC1(CN)CCC1. The Bertz CT molecular complexity index is 218. The van der Waals surface area contributed by atoms with E-state index in [0.717, 1.165) is 19.3 Å². The Balaban J connectivity index is 2.47. The fourth-order valence-corrected chi connectivity index (χ4v) is 2.10. The molecule has 0 spiro atoms. The summed E-state index contributed by atoms with van der Waals surface area (Å²) in [6.45, 7) is 4.86. The van der Waals surface area contributed by atoms with Crippen molar-refractivity contribution in [3.8, 4) is 0 Å². The second-order valence-corrected chi connectivity index (χ2v) is 5.00. The van der Waals surface area contributed by atoms with Crippen LogP contribution in [0.15, 0.2) is 0 Å². The molecule has 0 aromatic carbocycles. The first kappa shape index (κ1) is 12.5. The molecule has 1 saturated carbocycles. The summed E-state index contributed by atoms with van der Waals surface area (Å²) in [5.41, 5.74) is 5.89. The van der Waals surface area contributed by atoms with Gasteiger partial charge in [0.1, 0.15) is 0 Å². The lowest BCUT2D eigenvalue weighted by Crippen LogP contribution is -2.44. The molecule has 0 aromatic heterocycles. The average molecular weight is 212 g/mol. The number of hydrogen-bond donors (Lipinski definition) is 1. The molecule has 1 amide bonds. The van der Waals surface area contributed by atoms with Crippen molar-refractivity contribution < 1.29 is 4.79 Å². The molecular formula is C12H24N2O. The highest BCUT2D eigenvalue weighted by Crippen LogP contribution is 2.43. The average Bonchev–Trinajstić information content (AvgIpc) is 2.20. The lowest BCUT2D eigenvalue weighted by Gasteiger charge is -2.41. The Kier molecular flexibility index (Phi) is 4.14. The summed E-state index contributed by atoms with van der Waals surface area (Å²) in [5, 5.41) is 0. The molecule has 1 atom stereocenters. The van der Waals surface area contributed by atoms with E-state index in [1.807, 2.05) is 11.9 Å². The highest BCUT2D eigenvalue weighted by Gasteiger charge is 2.38. The minimum Gasteiger partial charge on any atom is -0.343 e. The molecule has 88 valence electrons. The maximum atomic E-state index is 12.0. The molecule has 15 heavy (non-hydrogen) atoms. The highest BCUT2D eigenvalue weighted by atomic mass is 16.2. The number of nitrogens with zero attached hydrogens (tertiary/aromatic N) is 1. The third kappa shape index (κ3) is 2.71. The summed E-state index contributed by atoms with van der Waals surface area (Å²) in [6.07, 6.45) is 5.15. The van der Waals surface area contributed by atoms with Crippen LogP contribution in [0.5, 0.6) is 0 Å². The van der Waals surface area contributed by atoms with Crippen LogP contribution in [0.4, 0.5) is 0 Å². The molecule has 1 fully saturated rings. The smallest absolute Gasteiger partial charge is 0.223 e. The molecule has 0 aliphatic heterocycles. The van der Waals surface area contributed by atoms with Crippen LogP contribution in [-0.4, -0.2) is 30.4 Å². The zero-order valence-electron chi connectivity index (χ0n) is 10.3. The Hall–Kier alpha value is -0.570. The molecule has 0 bridgehead atoms. The third-order valence-corrected chi connectivity index (χ3v) is 4.02. The number of carbonyl (C=O) groups excluding carboxylic acids is 1. The molecule has 2 N–H and O–H groups in total. The van der Waals surface area contributed by atoms with Gasteiger partial charge in [0.15, 0.2) is 0 Å². The maximum absolute atomic E-state index is 12.0. The standard InChI is InChI=1S/C12H24N2O/c1-4-10(2)14(3)11(15)8-12(9-13)6-5-7-12/h10H,4-9,13H2,1-3H3. The number of hydrogen-bond acceptors (Lipinski definition) is 2. The third-order valence-electron chi connectivity index (χ3n) is 4.02. The summed E-state index contributed by atoms with van der Waals surface area (Å²) >= 11 is 0. The van der Waals surface area contributed by atoms with Crippen LogP contribution in [-0.2, 0) is 4.79 Å². The van der Waals surface area contributed by atoms with Gasteiger partial charge in [-0.15, -0.1) is 0 Å². The molecule has 1 aliphatic rings. The van der Waals surface area contributed by atoms with E-state index in [-0.39, 0.29) is 11.3 Å². The van der Waals surface area contributed by atoms with Gasteiger partial charge < -0.3 is 10.6 Å². The minimum absolute atomic E-state index is 0.138. The molecule has 3 heteroatoms. The van der Waals surface area contributed by atoms with Gasteiger partial charge in [0.05, 0.1) is 0 Å². The normalized spacial score (nSPS) is 20.5. The summed E-state index contributed by atoms with van der Waals surface area (Å²) in [7, 11) is 1.90. The van der Waals surface area contributed by atoms with Crippen molar-refractivity contribution >= 4 is 5.91 Å². The second kappa shape index (κ2) is 4.97. The van der Waals surface area contributed by atoms with E-state index < -0.39 is 0 Å². The Morgan fingerprint density at radius 3 is 2.47 bits per heavy atom. The first-order chi connectivity index (χ1) is 7.04. The fourth-order valence-electron chi connectivity index (χ4n) is 2.10. The van der Waals surface area contributed by atoms with Crippen molar-refractivity contribution in [2.45, 2.75) is 52.0 Å².